The van der Waals surface area contributed by atoms with E-state index in [2.05, 4.69) is 16.0 Å². The molecule has 0 heterocycles. The smallest absolute Gasteiger partial charge is 0.321 e. The maximum absolute atomic E-state index is 12.9. The fourth-order valence-corrected chi connectivity index (χ4v) is 3.02. The van der Waals surface area contributed by atoms with Crippen molar-refractivity contribution in [1.82, 2.24) is 10.6 Å². The van der Waals surface area contributed by atoms with E-state index >= 15 is 0 Å². The number of carbonyl (C=O) groups excluding carboxylic acids is 4. The zero-order valence-electron chi connectivity index (χ0n) is 16.9. The number of halogens is 1. The molecule has 10 heteroatoms. The molecular weight excluding hydrogens is 425 g/mol. The molecule has 4 amide bonds. The van der Waals surface area contributed by atoms with Crippen LogP contribution in [-0.4, -0.2) is 41.9 Å². The average molecular weight is 447 g/mol. The lowest BCUT2D eigenvalue weighted by Crippen LogP contribution is -2.41. The van der Waals surface area contributed by atoms with Gasteiger partial charge in [0.25, 0.3) is 5.91 Å². The number of nitrogens with one attached hydrogen (secondary N) is 3. The number of benzene rings is 2. The molecule has 31 heavy (non-hydrogen) atoms. The third-order valence-corrected chi connectivity index (χ3v) is 5.08. The van der Waals surface area contributed by atoms with Gasteiger partial charge in [-0.25, -0.2) is 9.18 Å². The van der Waals surface area contributed by atoms with E-state index in [0.717, 1.165) is 11.8 Å². The van der Waals surface area contributed by atoms with Crippen LogP contribution in [0.15, 0.2) is 54.6 Å². The topological polar surface area (TPSA) is 114 Å². The second kappa shape index (κ2) is 11.7. The Morgan fingerprint density at radius 1 is 1.03 bits per heavy atom. The lowest BCUT2D eigenvalue weighted by molar-refractivity contribution is -0.155. The van der Waals surface area contributed by atoms with Crippen LogP contribution in [-0.2, 0) is 19.1 Å². The summed E-state index contributed by atoms with van der Waals surface area (Å²) in [6.07, 6.45) is -1.33. The van der Waals surface area contributed by atoms with Gasteiger partial charge in [0.15, 0.2) is 0 Å². The van der Waals surface area contributed by atoms with Crippen LogP contribution in [0.4, 0.5) is 14.9 Å². The van der Waals surface area contributed by atoms with Gasteiger partial charge in [-0.2, -0.15) is 0 Å². The van der Waals surface area contributed by atoms with Gasteiger partial charge in [-0.1, -0.05) is 30.3 Å². The van der Waals surface area contributed by atoms with E-state index in [-0.39, 0.29) is 11.7 Å². The molecule has 0 bridgehead atoms. The molecule has 0 aliphatic carbocycles. The van der Waals surface area contributed by atoms with Crippen LogP contribution < -0.4 is 16.0 Å². The molecule has 0 spiro atoms. The average Bonchev–Trinajstić information content (AvgIpc) is 2.77. The molecule has 2 aromatic rings. The summed E-state index contributed by atoms with van der Waals surface area (Å²) < 4.78 is 18.3. The number of ether oxygens (including phenoxy) is 1. The number of esters is 1. The molecule has 0 aliphatic heterocycles. The lowest BCUT2D eigenvalue weighted by atomic mass is 10.1. The van der Waals surface area contributed by atoms with Crippen molar-refractivity contribution >= 4 is 41.3 Å². The number of hydrogen-bond donors (Lipinski definition) is 3. The van der Waals surface area contributed by atoms with Crippen molar-refractivity contribution in [3.05, 3.63) is 66.0 Å². The molecule has 2 unspecified atom stereocenters. The highest BCUT2D eigenvalue weighted by atomic mass is 32.2. The summed E-state index contributed by atoms with van der Waals surface area (Å²) in [5.74, 6) is -2.38. The Balaban J connectivity index is 1.95. The van der Waals surface area contributed by atoms with Crippen LogP contribution in [0.25, 0.3) is 0 Å². The molecular formula is C21H22FN3O5S. The predicted octanol–water partition coefficient (Wildman–Crippen LogP) is 2.63. The van der Waals surface area contributed by atoms with E-state index in [1.807, 2.05) is 0 Å². The van der Waals surface area contributed by atoms with E-state index in [0.29, 0.717) is 11.3 Å². The summed E-state index contributed by atoms with van der Waals surface area (Å²) in [6, 6.07) is 12.8. The molecule has 0 saturated carbocycles. The van der Waals surface area contributed by atoms with Gasteiger partial charge in [-0.05, 0) is 31.2 Å². The van der Waals surface area contributed by atoms with Crippen LogP contribution in [0.2, 0.25) is 0 Å². The second-order valence-corrected chi connectivity index (χ2v) is 7.63. The van der Waals surface area contributed by atoms with Gasteiger partial charge in [-0.3, -0.25) is 19.7 Å². The zero-order valence-corrected chi connectivity index (χ0v) is 17.7. The summed E-state index contributed by atoms with van der Waals surface area (Å²) in [4.78, 5) is 48.4. The minimum Gasteiger partial charge on any atom is -0.446 e. The maximum Gasteiger partial charge on any atom is 0.321 e. The maximum atomic E-state index is 12.9. The third kappa shape index (κ3) is 7.74. The highest BCUT2D eigenvalue weighted by molar-refractivity contribution is 8.01. The number of anilines is 1. The van der Waals surface area contributed by atoms with Gasteiger partial charge in [0.1, 0.15) is 11.1 Å². The molecule has 164 valence electrons. The molecule has 8 nitrogen and oxygen atoms in total. The van der Waals surface area contributed by atoms with Crippen molar-refractivity contribution in [3.8, 4) is 0 Å². The standard InChI is InChI=1S/C21H22FN3O5S/c1-13(31-12-17(26)24-16-10-8-15(22)9-11-16)20(28)30-18(14-6-4-3-5-7-14)19(27)25-21(29)23-2/h3-11,13,18H,12H2,1-2H3,(H,24,26)(H2,23,25,27,29). The van der Waals surface area contributed by atoms with Gasteiger partial charge in [0.2, 0.25) is 12.0 Å². The lowest BCUT2D eigenvalue weighted by Gasteiger charge is -2.19. The second-order valence-electron chi connectivity index (χ2n) is 6.30. The van der Waals surface area contributed by atoms with Crippen molar-refractivity contribution in [3.63, 3.8) is 0 Å². The van der Waals surface area contributed by atoms with Crippen molar-refractivity contribution in [2.75, 3.05) is 18.1 Å². The first kappa shape index (κ1) is 23.9. The molecule has 2 aromatic carbocycles. The van der Waals surface area contributed by atoms with Crippen LogP contribution in [0.1, 0.15) is 18.6 Å². The Labute approximate surface area is 182 Å². The van der Waals surface area contributed by atoms with Gasteiger partial charge in [-0.15, -0.1) is 11.8 Å². The molecule has 0 radical (unpaired) electrons. The van der Waals surface area contributed by atoms with Gasteiger partial charge < -0.3 is 15.4 Å². The van der Waals surface area contributed by atoms with E-state index < -0.39 is 35.1 Å². The molecule has 0 aromatic heterocycles. The first-order valence-corrected chi connectivity index (χ1v) is 10.3. The molecule has 2 atom stereocenters. The van der Waals surface area contributed by atoms with Crippen molar-refractivity contribution in [1.29, 1.82) is 0 Å². The van der Waals surface area contributed by atoms with Gasteiger partial charge >= 0.3 is 12.0 Å². The Morgan fingerprint density at radius 3 is 2.29 bits per heavy atom. The number of rotatable bonds is 8. The van der Waals surface area contributed by atoms with Gasteiger partial charge in [0.05, 0.1) is 5.75 Å². The zero-order chi connectivity index (χ0) is 22.8. The highest BCUT2D eigenvalue weighted by Gasteiger charge is 2.28. The van der Waals surface area contributed by atoms with Crippen LogP contribution in [0, 0.1) is 5.82 Å². The fraction of sp³-hybridized carbons (Fsp3) is 0.238. The number of imide groups is 1. The molecule has 2 rings (SSSR count). The number of hydrogen-bond acceptors (Lipinski definition) is 6. The minimum absolute atomic E-state index is 0.0614. The van der Waals surface area contributed by atoms with E-state index in [1.54, 1.807) is 30.3 Å². The van der Waals surface area contributed by atoms with Crippen molar-refractivity contribution in [2.24, 2.45) is 0 Å². The molecule has 0 fully saturated rings. The SMILES string of the molecule is CNC(=O)NC(=O)C(OC(=O)C(C)SCC(=O)Nc1ccc(F)cc1)c1ccccc1. The van der Waals surface area contributed by atoms with Gasteiger partial charge in [0, 0.05) is 18.3 Å². The van der Waals surface area contributed by atoms with Crippen molar-refractivity contribution < 1.29 is 28.3 Å². The Bertz CT molecular complexity index is 924. The predicted molar refractivity (Wildman–Crippen MR) is 115 cm³/mol. The largest absolute Gasteiger partial charge is 0.446 e. The molecule has 3 N–H and O–H groups in total. The van der Waals surface area contributed by atoms with E-state index in [4.69, 9.17) is 4.74 Å². The first-order chi connectivity index (χ1) is 14.8. The molecule has 0 saturated heterocycles. The Morgan fingerprint density at radius 2 is 1.68 bits per heavy atom. The molecule has 0 aliphatic rings. The summed E-state index contributed by atoms with van der Waals surface area (Å²) in [5, 5.41) is 6.17. The first-order valence-electron chi connectivity index (χ1n) is 9.25. The monoisotopic (exact) mass is 447 g/mol. The number of carbonyl (C=O) groups is 4. The normalized spacial score (nSPS) is 12.2. The Kier molecular flexibility index (Phi) is 9.01. The Hall–Kier alpha value is -3.40. The summed E-state index contributed by atoms with van der Waals surface area (Å²) >= 11 is 1.01. The minimum atomic E-state index is -1.33. The summed E-state index contributed by atoms with van der Waals surface area (Å²) in [5.41, 5.74) is 0.820. The van der Waals surface area contributed by atoms with Crippen molar-refractivity contribution in [2.45, 2.75) is 18.3 Å². The van der Waals surface area contributed by atoms with Crippen LogP contribution in [0.5, 0.6) is 0 Å². The third-order valence-electron chi connectivity index (χ3n) is 3.96. The van der Waals surface area contributed by atoms with E-state index in [9.17, 15) is 23.6 Å². The van der Waals surface area contributed by atoms with Crippen LogP contribution in [0.3, 0.4) is 0 Å². The number of amides is 4. The number of urea groups is 1. The van der Waals surface area contributed by atoms with E-state index in [1.165, 1.54) is 38.2 Å². The fourth-order valence-electron chi connectivity index (χ4n) is 2.35. The summed E-state index contributed by atoms with van der Waals surface area (Å²) in [7, 11) is 1.35. The highest BCUT2D eigenvalue weighted by Crippen LogP contribution is 2.21. The number of thioether (sulfide) groups is 1. The van der Waals surface area contributed by atoms with Crippen LogP contribution >= 0.6 is 11.8 Å². The summed E-state index contributed by atoms with van der Waals surface area (Å²) in [6.45, 7) is 1.54. The quantitative estimate of drug-likeness (QED) is 0.536.